The van der Waals surface area contributed by atoms with Crippen molar-refractivity contribution in [2.24, 2.45) is 0 Å². The molecule has 0 aromatic rings. The number of carbonyl (C=O) groups is 1. The lowest BCUT2D eigenvalue weighted by Crippen LogP contribution is -2.63. The van der Waals surface area contributed by atoms with Crippen LogP contribution in [0.25, 0.3) is 0 Å². The Morgan fingerprint density at radius 3 is 2.34 bits per heavy atom. The first-order chi connectivity index (χ1) is 15.2. The summed E-state index contributed by atoms with van der Waals surface area (Å²) in [6.07, 6.45) is -10.5. The van der Waals surface area contributed by atoms with Crippen molar-refractivity contribution in [3.8, 4) is 0 Å². The van der Waals surface area contributed by atoms with Gasteiger partial charge in [-0.3, -0.25) is 4.79 Å². The standard InChI is InChI=1S/C19H37NO11S/c1-10(23)20-13(18(28)29-7-3-2-4-8-32)17(11(24)5-6-21)31-19-16(27)15(26)14(25)12(9-22)30-19/h11-19,21-22,24-28,32H,2-9H2,1H3,(H,20,23)/t11-,12?,13-,14-,15?,16-,17?,18-,19-/m0/s1. The average Bonchev–Trinajstić information content (AvgIpc) is 2.75. The maximum Gasteiger partial charge on any atom is 0.217 e. The minimum Gasteiger partial charge on any atom is -0.396 e. The first-order valence-corrected chi connectivity index (χ1v) is 11.2. The molecule has 0 radical (unpaired) electrons. The molecule has 0 aliphatic carbocycles. The van der Waals surface area contributed by atoms with Gasteiger partial charge in [-0.2, -0.15) is 12.6 Å². The highest BCUT2D eigenvalue weighted by Gasteiger charge is 2.47. The molecule has 0 bridgehead atoms. The van der Waals surface area contributed by atoms with Gasteiger partial charge in [0.05, 0.1) is 12.7 Å². The van der Waals surface area contributed by atoms with E-state index in [0.29, 0.717) is 12.2 Å². The van der Waals surface area contributed by atoms with Gasteiger partial charge in [-0.15, -0.1) is 0 Å². The summed E-state index contributed by atoms with van der Waals surface area (Å²) >= 11 is 4.11. The monoisotopic (exact) mass is 487 g/mol. The minimum absolute atomic E-state index is 0.147. The summed E-state index contributed by atoms with van der Waals surface area (Å²) in [5.41, 5.74) is 0. The fourth-order valence-corrected chi connectivity index (χ4v) is 3.52. The predicted molar refractivity (Wildman–Crippen MR) is 114 cm³/mol. The maximum absolute atomic E-state index is 11.7. The maximum atomic E-state index is 11.7. The van der Waals surface area contributed by atoms with Crippen LogP contribution in [0.3, 0.4) is 0 Å². The van der Waals surface area contributed by atoms with Gasteiger partial charge in [0.15, 0.2) is 12.6 Å². The van der Waals surface area contributed by atoms with Gasteiger partial charge >= 0.3 is 0 Å². The van der Waals surface area contributed by atoms with Gasteiger partial charge < -0.3 is 55.3 Å². The Kier molecular flexibility index (Phi) is 14.1. The molecule has 3 unspecified atom stereocenters. The van der Waals surface area contributed by atoms with Crippen molar-refractivity contribution in [2.45, 2.75) is 87.9 Å². The third-order valence-corrected chi connectivity index (χ3v) is 5.38. The highest BCUT2D eigenvalue weighted by molar-refractivity contribution is 7.80. The van der Waals surface area contributed by atoms with E-state index in [9.17, 15) is 40.5 Å². The van der Waals surface area contributed by atoms with Gasteiger partial charge in [0, 0.05) is 20.1 Å². The molecule has 0 aromatic heterocycles. The molecule has 190 valence electrons. The molecule has 0 spiro atoms. The van der Waals surface area contributed by atoms with E-state index in [1.165, 1.54) is 6.92 Å². The van der Waals surface area contributed by atoms with E-state index in [0.717, 1.165) is 12.8 Å². The second kappa shape index (κ2) is 15.3. The number of unbranched alkanes of at least 4 members (excludes halogenated alkanes) is 2. The van der Waals surface area contributed by atoms with Crippen LogP contribution in [0.15, 0.2) is 0 Å². The zero-order valence-corrected chi connectivity index (χ0v) is 19.0. The number of nitrogens with one attached hydrogen (secondary N) is 1. The predicted octanol–water partition coefficient (Wildman–Crippen LogP) is -3.15. The summed E-state index contributed by atoms with van der Waals surface area (Å²) < 4.78 is 16.3. The number of hydrogen-bond donors (Lipinski definition) is 9. The van der Waals surface area contributed by atoms with E-state index in [4.69, 9.17) is 14.2 Å². The zero-order valence-electron chi connectivity index (χ0n) is 18.1. The van der Waals surface area contributed by atoms with E-state index in [1.807, 2.05) is 0 Å². The fourth-order valence-electron chi connectivity index (χ4n) is 3.29. The average molecular weight is 488 g/mol. The second-order valence-corrected chi connectivity index (χ2v) is 8.10. The van der Waals surface area contributed by atoms with Crippen molar-refractivity contribution in [3.05, 3.63) is 0 Å². The number of hydrogen-bond acceptors (Lipinski definition) is 12. The second-order valence-electron chi connectivity index (χ2n) is 7.65. The molecule has 1 heterocycles. The van der Waals surface area contributed by atoms with Crippen molar-refractivity contribution in [3.63, 3.8) is 0 Å². The first kappa shape index (κ1) is 29.5. The molecule has 1 fully saturated rings. The Morgan fingerprint density at radius 1 is 1.09 bits per heavy atom. The summed E-state index contributed by atoms with van der Waals surface area (Å²) in [6, 6.07) is -1.34. The molecular weight excluding hydrogens is 450 g/mol. The molecule has 1 rings (SSSR count). The van der Waals surface area contributed by atoms with Gasteiger partial charge in [-0.25, -0.2) is 0 Å². The lowest BCUT2D eigenvalue weighted by molar-refractivity contribution is -0.324. The molecule has 12 nitrogen and oxygen atoms in total. The highest BCUT2D eigenvalue weighted by Crippen LogP contribution is 2.25. The number of thiol groups is 1. The fraction of sp³-hybridized carbons (Fsp3) is 0.947. The van der Waals surface area contributed by atoms with Gasteiger partial charge in [-0.05, 0) is 25.0 Å². The van der Waals surface area contributed by atoms with Crippen LogP contribution in [-0.2, 0) is 19.0 Å². The van der Waals surface area contributed by atoms with Gasteiger partial charge in [0.2, 0.25) is 5.91 Å². The van der Waals surface area contributed by atoms with Crippen LogP contribution >= 0.6 is 12.6 Å². The largest absolute Gasteiger partial charge is 0.396 e. The van der Waals surface area contributed by atoms with Gasteiger partial charge in [0.1, 0.15) is 36.6 Å². The molecule has 0 aromatic carbocycles. The lowest BCUT2D eigenvalue weighted by Gasteiger charge is -2.43. The number of aliphatic hydroxyl groups excluding tert-OH is 7. The molecule has 32 heavy (non-hydrogen) atoms. The third kappa shape index (κ3) is 8.99. The van der Waals surface area contributed by atoms with Crippen LogP contribution in [-0.4, -0.2) is 122 Å². The Balaban J connectivity index is 3.03. The Bertz CT molecular complexity index is 530. The summed E-state index contributed by atoms with van der Waals surface area (Å²) in [7, 11) is 0. The van der Waals surface area contributed by atoms with E-state index >= 15 is 0 Å². The Morgan fingerprint density at radius 2 is 1.78 bits per heavy atom. The summed E-state index contributed by atoms with van der Waals surface area (Å²) in [5, 5.41) is 72.2. The van der Waals surface area contributed by atoms with Crippen LogP contribution in [0.4, 0.5) is 0 Å². The normalized spacial score (nSPS) is 29.8. The number of rotatable bonds is 15. The van der Waals surface area contributed by atoms with E-state index in [2.05, 4.69) is 17.9 Å². The number of carbonyl (C=O) groups excluding carboxylic acids is 1. The third-order valence-electron chi connectivity index (χ3n) is 5.07. The van der Waals surface area contributed by atoms with Crippen LogP contribution in [0.5, 0.6) is 0 Å². The SMILES string of the molecule is CC(=O)N[C@@H](C(O[C@@H]1OC(CO)[C@H](O)C(O)[C@@H]1O)[C@@H](O)CCO)[C@@H](O)OCCCCCS. The van der Waals surface area contributed by atoms with Crippen LogP contribution in [0.2, 0.25) is 0 Å². The topological polar surface area (TPSA) is 198 Å². The van der Waals surface area contributed by atoms with Crippen molar-refractivity contribution < 1.29 is 54.8 Å². The van der Waals surface area contributed by atoms with Crippen LogP contribution < -0.4 is 5.32 Å². The van der Waals surface area contributed by atoms with Crippen molar-refractivity contribution in [1.29, 1.82) is 0 Å². The Hall–Kier alpha value is -0.580. The molecule has 8 N–H and O–H groups in total. The van der Waals surface area contributed by atoms with Crippen LogP contribution in [0, 0.1) is 0 Å². The number of amides is 1. The molecule has 1 amide bonds. The highest BCUT2D eigenvalue weighted by atomic mass is 32.1. The van der Waals surface area contributed by atoms with Gasteiger partial charge in [0.25, 0.3) is 0 Å². The molecule has 1 saturated heterocycles. The molecule has 0 saturated carbocycles. The first-order valence-electron chi connectivity index (χ1n) is 10.6. The van der Waals surface area contributed by atoms with Crippen molar-refractivity contribution >= 4 is 18.5 Å². The van der Waals surface area contributed by atoms with E-state index in [1.54, 1.807) is 0 Å². The summed E-state index contributed by atoms with van der Waals surface area (Å²) in [5.74, 6) is 0.130. The lowest BCUT2D eigenvalue weighted by atomic mass is 9.98. The van der Waals surface area contributed by atoms with Gasteiger partial charge in [-0.1, -0.05) is 6.42 Å². The van der Waals surface area contributed by atoms with E-state index in [-0.39, 0.29) is 13.0 Å². The summed E-state index contributed by atoms with van der Waals surface area (Å²) in [6.45, 7) is 0.175. The molecule has 9 atom stereocenters. The minimum atomic E-state index is -1.77. The number of ether oxygens (including phenoxy) is 3. The molecule has 13 heteroatoms. The molecular formula is C19H37NO11S. The molecule has 1 aliphatic heterocycles. The van der Waals surface area contributed by atoms with Crippen LogP contribution in [0.1, 0.15) is 32.6 Å². The molecule has 1 aliphatic rings. The van der Waals surface area contributed by atoms with E-state index < -0.39 is 74.4 Å². The van der Waals surface area contributed by atoms with Crippen molar-refractivity contribution in [1.82, 2.24) is 5.32 Å². The van der Waals surface area contributed by atoms with Crippen molar-refractivity contribution in [2.75, 3.05) is 25.6 Å². The number of aliphatic hydroxyl groups is 7. The quantitative estimate of drug-likeness (QED) is 0.0642. The zero-order chi connectivity index (χ0) is 24.3. The smallest absolute Gasteiger partial charge is 0.217 e. The summed E-state index contributed by atoms with van der Waals surface area (Å²) in [4.78, 5) is 11.7. The Labute approximate surface area is 192 Å².